The molecule has 178 valence electrons. The molecule has 2 bridgehead atoms. The van der Waals surface area contributed by atoms with Crippen LogP contribution in [-0.4, -0.2) is 42.9 Å². The topological polar surface area (TPSA) is 122 Å². The van der Waals surface area contributed by atoms with Gasteiger partial charge in [-0.2, -0.15) is 4.37 Å². The molecule has 33 heavy (non-hydrogen) atoms. The standard InChI is InChI=1S/C23H29N3O5S2/c1-15(2)21(26-33(30,31)19-9-4-3-5-10-19)20(27)13-16-7-6-8-17-14-18(32-25-17)11-12-24-23(29)22(16)28/h3-5,9-10,14-16,21,26H,6-8,11-13H2,1-2H3,(H,24,29). The van der Waals surface area contributed by atoms with Crippen molar-refractivity contribution in [3.8, 4) is 0 Å². The molecule has 1 aliphatic rings. The number of hydrogen-bond acceptors (Lipinski definition) is 7. The quantitative estimate of drug-likeness (QED) is 0.573. The van der Waals surface area contributed by atoms with Crippen LogP contribution in [0.5, 0.6) is 0 Å². The van der Waals surface area contributed by atoms with Crippen LogP contribution in [0.3, 0.4) is 0 Å². The van der Waals surface area contributed by atoms with Gasteiger partial charge in [0, 0.05) is 30.2 Å². The highest BCUT2D eigenvalue weighted by Crippen LogP contribution is 2.21. The number of nitrogens with one attached hydrogen (secondary N) is 2. The molecule has 0 saturated carbocycles. The molecule has 8 nitrogen and oxygen atoms in total. The smallest absolute Gasteiger partial charge is 0.287 e. The Hall–Kier alpha value is -2.43. The van der Waals surface area contributed by atoms with Crippen LogP contribution in [0.1, 0.15) is 43.7 Å². The molecule has 2 N–H and O–H groups in total. The van der Waals surface area contributed by atoms with Crippen molar-refractivity contribution < 1.29 is 22.8 Å². The fourth-order valence-corrected chi connectivity index (χ4v) is 5.95. The lowest BCUT2D eigenvalue weighted by Crippen LogP contribution is -2.46. The number of benzene rings is 1. The van der Waals surface area contributed by atoms with E-state index in [0.29, 0.717) is 32.2 Å². The number of amides is 1. The molecule has 2 aromatic rings. The predicted octanol–water partition coefficient (Wildman–Crippen LogP) is 2.29. The highest BCUT2D eigenvalue weighted by atomic mass is 32.2. The number of sulfonamides is 1. The second kappa shape index (κ2) is 11.1. The Morgan fingerprint density at radius 3 is 2.64 bits per heavy atom. The number of aromatic nitrogens is 1. The zero-order valence-electron chi connectivity index (χ0n) is 18.7. The van der Waals surface area contributed by atoms with E-state index >= 15 is 0 Å². The number of fused-ring (bicyclic) bond motifs is 2. The minimum absolute atomic E-state index is 0.0625. The van der Waals surface area contributed by atoms with Crippen LogP contribution in [0.25, 0.3) is 0 Å². The lowest BCUT2D eigenvalue weighted by Gasteiger charge is -2.23. The van der Waals surface area contributed by atoms with Crippen LogP contribution < -0.4 is 10.0 Å². The van der Waals surface area contributed by atoms with E-state index in [2.05, 4.69) is 14.4 Å². The maximum Gasteiger partial charge on any atom is 0.287 e. The van der Waals surface area contributed by atoms with Gasteiger partial charge in [-0.05, 0) is 54.9 Å². The Morgan fingerprint density at radius 1 is 1.21 bits per heavy atom. The number of ketones is 2. The van der Waals surface area contributed by atoms with Gasteiger partial charge in [0.1, 0.15) is 0 Å². The molecule has 1 aromatic carbocycles. The van der Waals surface area contributed by atoms with E-state index in [1.807, 2.05) is 6.07 Å². The fourth-order valence-electron chi connectivity index (χ4n) is 3.80. The summed E-state index contributed by atoms with van der Waals surface area (Å²) in [6, 6.07) is 8.82. The third-order valence-corrected chi connectivity index (χ3v) is 7.98. The van der Waals surface area contributed by atoms with Crippen molar-refractivity contribution >= 4 is 39.0 Å². The molecule has 1 aromatic heterocycles. The van der Waals surface area contributed by atoms with Gasteiger partial charge in [0.15, 0.2) is 5.78 Å². The summed E-state index contributed by atoms with van der Waals surface area (Å²) >= 11 is 1.39. The molecule has 0 spiro atoms. The maximum atomic E-state index is 13.2. The van der Waals surface area contributed by atoms with Gasteiger partial charge < -0.3 is 5.32 Å². The number of carbonyl (C=O) groups excluding carboxylic acids is 3. The minimum atomic E-state index is -3.91. The molecule has 0 aliphatic carbocycles. The summed E-state index contributed by atoms with van der Waals surface area (Å²) in [7, 11) is -3.91. The highest BCUT2D eigenvalue weighted by Gasteiger charge is 2.33. The van der Waals surface area contributed by atoms with Crippen molar-refractivity contribution in [3.63, 3.8) is 0 Å². The maximum absolute atomic E-state index is 13.2. The summed E-state index contributed by atoms with van der Waals surface area (Å²) in [6.07, 6.45) is 2.00. The van der Waals surface area contributed by atoms with Crippen molar-refractivity contribution in [3.05, 3.63) is 47.0 Å². The van der Waals surface area contributed by atoms with E-state index in [-0.39, 0.29) is 17.2 Å². The normalized spacial score (nSPS) is 18.8. The molecule has 3 rings (SSSR count). The number of nitrogens with zero attached hydrogens (tertiary/aromatic N) is 1. The van der Waals surface area contributed by atoms with Gasteiger partial charge in [-0.25, -0.2) is 13.1 Å². The first-order chi connectivity index (χ1) is 15.7. The van der Waals surface area contributed by atoms with Gasteiger partial charge in [0.25, 0.3) is 5.91 Å². The Morgan fingerprint density at radius 2 is 1.94 bits per heavy atom. The van der Waals surface area contributed by atoms with Crippen molar-refractivity contribution in [2.45, 2.75) is 56.9 Å². The highest BCUT2D eigenvalue weighted by molar-refractivity contribution is 7.89. The number of hydrogen-bond donors (Lipinski definition) is 2. The molecular weight excluding hydrogens is 462 g/mol. The molecule has 2 atom stereocenters. The molecule has 2 heterocycles. The van der Waals surface area contributed by atoms with E-state index in [1.165, 1.54) is 23.7 Å². The lowest BCUT2D eigenvalue weighted by atomic mass is 9.87. The Balaban J connectivity index is 1.75. The molecule has 0 saturated heterocycles. The average Bonchev–Trinajstić information content (AvgIpc) is 3.23. The van der Waals surface area contributed by atoms with E-state index in [4.69, 9.17) is 0 Å². The zero-order valence-corrected chi connectivity index (χ0v) is 20.4. The Kier molecular flexibility index (Phi) is 8.50. The zero-order chi connectivity index (χ0) is 24.0. The van der Waals surface area contributed by atoms with Gasteiger partial charge in [-0.3, -0.25) is 14.4 Å². The van der Waals surface area contributed by atoms with Crippen LogP contribution in [0.15, 0.2) is 41.3 Å². The Bertz CT molecular complexity index is 1100. The predicted molar refractivity (Wildman–Crippen MR) is 125 cm³/mol. The van der Waals surface area contributed by atoms with Crippen molar-refractivity contribution in [2.24, 2.45) is 11.8 Å². The van der Waals surface area contributed by atoms with Crippen LogP contribution >= 0.6 is 11.5 Å². The van der Waals surface area contributed by atoms with E-state index < -0.39 is 39.5 Å². The van der Waals surface area contributed by atoms with Crippen LogP contribution in [-0.2, 0) is 37.2 Å². The fraction of sp³-hybridized carbons (Fsp3) is 0.478. The van der Waals surface area contributed by atoms with Gasteiger partial charge >= 0.3 is 0 Å². The molecule has 1 amide bonds. The van der Waals surface area contributed by atoms with E-state index in [1.54, 1.807) is 32.0 Å². The molecule has 2 unspecified atom stereocenters. The van der Waals surface area contributed by atoms with Crippen LogP contribution in [0.4, 0.5) is 0 Å². The summed E-state index contributed by atoms with van der Waals surface area (Å²) in [5, 5.41) is 2.63. The first-order valence-electron chi connectivity index (χ1n) is 11.0. The van der Waals surface area contributed by atoms with Crippen molar-refractivity contribution in [1.82, 2.24) is 14.4 Å². The number of Topliss-reactive ketones (excluding diaryl/α,β-unsaturated/α-hetero) is 2. The number of carbonyl (C=O) groups is 3. The van der Waals surface area contributed by atoms with Gasteiger partial charge in [-0.15, -0.1) is 0 Å². The van der Waals surface area contributed by atoms with E-state index in [9.17, 15) is 22.8 Å². The lowest BCUT2D eigenvalue weighted by molar-refractivity contribution is -0.141. The summed E-state index contributed by atoms with van der Waals surface area (Å²) in [6.45, 7) is 3.80. The third kappa shape index (κ3) is 6.78. The SMILES string of the molecule is CC(C)C(NS(=O)(=O)c1ccccc1)C(=O)CC1CCCc2cc(sn2)CCNC(=O)C1=O. The summed E-state index contributed by atoms with van der Waals surface area (Å²) in [5.74, 6) is -2.88. The number of rotatable bonds is 7. The Labute approximate surface area is 198 Å². The largest absolute Gasteiger partial charge is 0.349 e. The average molecular weight is 492 g/mol. The molecule has 1 aliphatic heterocycles. The second-order valence-corrected chi connectivity index (χ2v) is 11.2. The number of aryl methyl sites for hydroxylation is 1. The van der Waals surface area contributed by atoms with Crippen LogP contribution in [0, 0.1) is 11.8 Å². The summed E-state index contributed by atoms with van der Waals surface area (Å²) in [4.78, 5) is 39.5. The summed E-state index contributed by atoms with van der Waals surface area (Å²) < 4.78 is 32.4. The first-order valence-corrected chi connectivity index (χ1v) is 13.3. The van der Waals surface area contributed by atoms with Crippen molar-refractivity contribution in [1.29, 1.82) is 0 Å². The molecule has 0 radical (unpaired) electrons. The van der Waals surface area contributed by atoms with E-state index in [0.717, 1.165) is 10.6 Å². The van der Waals surface area contributed by atoms with Gasteiger partial charge in [0.2, 0.25) is 15.8 Å². The molecule has 10 heteroatoms. The third-order valence-electron chi connectivity index (χ3n) is 5.64. The summed E-state index contributed by atoms with van der Waals surface area (Å²) in [5.41, 5.74) is 0.940. The van der Waals surface area contributed by atoms with Crippen molar-refractivity contribution in [2.75, 3.05) is 6.54 Å². The molecular formula is C23H29N3O5S2. The van der Waals surface area contributed by atoms with Gasteiger partial charge in [0.05, 0.1) is 16.6 Å². The monoisotopic (exact) mass is 491 g/mol. The first kappa shape index (κ1) is 25.2. The van der Waals surface area contributed by atoms with Crippen LogP contribution in [0.2, 0.25) is 0 Å². The second-order valence-electron chi connectivity index (χ2n) is 8.57. The minimum Gasteiger partial charge on any atom is -0.349 e. The van der Waals surface area contributed by atoms with Gasteiger partial charge in [-0.1, -0.05) is 32.0 Å². The molecule has 0 fully saturated rings.